The Morgan fingerprint density at radius 1 is 1.13 bits per heavy atom. The van der Waals surface area contributed by atoms with Gasteiger partial charge in [-0.05, 0) is 49.4 Å². The molecule has 0 saturated carbocycles. The molecule has 3 rings (SSSR count). The van der Waals surface area contributed by atoms with Crippen LogP contribution >= 0.6 is 0 Å². The molecule has 0 aliphatic carbocycles. The van der Waals surface area contributed by atoms with Gasteiger partial charge in [-0.25, -0.2) is 0 Å². The lowest BCUT2D eigenvalue weighted by Gasteiger charge is -2.29. The average Bonchev–Trinajstić information content (AvgIpc) is 3.34. The molecule has 1 aliphatic rings. The molecule has 1 N–H and O–H groups in total. The lowest BCUT2D eigenvalue weighted by molar-refractivity contribution is -0.140. The Morgan fingerprint density at radius 3 is 2.52 bits per heavy atom. The molecule has 0 unspecified atom stereocenters. The molecule has 31 heavy (non-hydrogen) atoms. The second-order valence-corrected chi connectivity index (χ2v) is 7.91. The van der Waals surface area contributed by atoms with Crippen LogP contribution in [0.2, 0.25) is 0 Å². The van der Waals surface area contributed by atoms with E-state index in [4.69, 9.17) is 9.47 Å². The van der Waals surface area contributed by atoms with Crippen molar-refractivity contribution in [2.45, 2.75) is 51.3 Å². The van der Waals surface area contributed by atoms with Gasteiger partial charge in [-0.15, -0.1) is 0 Å². The SMILES string of the molecule is COc1ccc(CN(C(=O)CCc2ccccc2)[C@H](C)C(=O)NC[C@@H]2CCCO2)cc1. The van der Waals surface area contributed by atoms with E-state index in [1.807, 2.05) is 54.6 Å². The van der Waals surface area contributed by atoms with E-state index in [1.165, 1.54) is 0 Å². The topological polar surface area (TPSA) is 67.9 Å². The Morgan fingerprint density at radius 2 is 1.87 bits per heavy atom. The number of aryl methyl sites for hydroxylation is 1. The van der Waals surface area contributed by atoms with Crippen LogP contribution in [-0.2, 0) is 27.3 Å². The van der Waals surface area contributed by atoms with Crippen molar-refractivity contribution in [2.24, 2.45) is 0 Å². The standard InChI is InChI=1S/C25H32N2O4/c1-19(25(29)26-17-23-9-6-16-31-23)27(18-21-10-13-22(30-2)14-11-21)24(28)15-12-20-7-4-3-5-8-20/h3-5,7-8,10-11,13-14,19,23H,6,9,12,15-18H2,1-2H3,(H,26,29)/t19-,23+/m1/s1. The number of rotatable bonds is 10. The van der Waals surface area contributed by atoms with E-state index < -0.39 is 6.04 Å². The fraction of sp³-hybridized carbons (Fsp3) is 0.440. The molecule has 2 amide bonds. The molecule has 0 aromatic heterocycles. The van der Waals surface area contributed by atoms with Gasteiger partial charge in [0.15, 0.2) is 0 Å². The van der Waals surface area contributed by atoms with Crippen molar-refractivity contribution < 1.29 is 19.1 Å². The van der Waals surface area contributed by atoms with E-state index in [2.05, 4.69) is 5.32 Å². The van der Waals surface area contributed by atoms with Gasteiger partial charge in [0.1, 0.15) is 11.8 Å². The lowest BCUT2D eigenvalue weighted by atomic mass is 10.1. The maximum Gasteiger partial charge on any atom is 0.242 e. The molecule has 0 bridgehead atoms. The highest BCUT2D eigenvalue weighted by atomic mass is 16.5. The Bertz CT molecular complexity index is 832. The summed E-state index contributed by atoms with van der Waals surface area (Å²) < 4.78 is 10.8. The lowest BCUT2D eigenvalue weighted by Crippen LogP contribution is -2.49. The zero-order valence-electron chi connectivity index (χ0n) is 18.4. The van der Waals surface area contributed by atoms with E-state index in [-0.39, 0.29) is 17.9 Å². The van der Waals surface area contributed by atoms with Gasteiger partial charge < -0.3 is 19.7 Å². The van der Waals surface area contributed by atoms with Crippen LogP contribution in [0.3, 0.4) is 0 Å². The average molecular weight is 425 g/mol. The van der Waals surface area contributed by atoms with Crippen molar-refractivity contribution in [1.29, 1.82) is 0 Å². The third kappa shape index (κ3) is 6.82. The molecule has 2 aromatic rings. The van der Waals surface area contributed by atoms with Gasteiger partial charge in [0, 0.05) is 26.1 Å². The minimum Gasteiger partial charge on any atom is -0.497 e. The fourth-order valence-corrected chi connectivity index (χ4v) is 3.72. The molecule has 2 atom stereocenters. The summed E-state index contributed by atoms with van der Waals surface area (Å²) in [5.41, 5.74) is 2.06. The monoisotopic (exact) mass is 424 g/mol. The molecular formula is C25H32N2O4. The van der Waals surface area contributed by atoms with Crippen molar-refractivity contribution in [3.63, 3.8) is 0 Å². The van der Waals surface area contributed by atoms with Crippen molar-refractivity contribution in [3.05, 3.63) is 65.7 Å². The molecule has 1 aliphatic heterocycles. The number of ether oxygens (including phenoxy) is 2. The van der Waals surface area contributed by atoms with Crippen molar-refractivity contribution in [3.8, 4) is 5.75 Å². The van der Waals surface area contributed by atoms with E-state index in [0.29, 0.717) is 25.9 Å². The Kier molecular flexibility index (Phi) is 8.47. The molecule has 1 saturated heterocycles. The second kappa shape index (κ2) is 11.5. The number of hydrogen-bond acceptors (Lipinski definition) is 4. The van der Waals surface area contributed by atoms with Gasteiger partial charge in [0.25, 0.3) is 0 Å². The van der Waals surface area contributed by atoms with Gasteiger partial charge in [-0.1, -0.05) is 42.5 Å². The molecule has 6 heteroatoms. The Hall–Kier alpha value is -2.86. The highest BCUT2D eigenvalue weighted by Crippen LogP contribution is 2.17. The molecule has 6 nitrogen and oxygen atoms in total. The van der Waals surface area contributed by atoms with E-state index in [0.717, 1.165) is 36.3 Å². The second-order valence-electron chi connectivity index (χ2n) is 7.91. The van der Waals surface area contributed by atoms with Crippen LogP contribution in [0.5, 0.6) is 5.75 Å². The van der Waals surface area contributed by atoms with Gasteiger partial charge in [-0.2, -0.15) is 0 Å². The van der Waals surface area contributed by atoms with Crippen molar-refractivity contribution in [1.82, 2.24) is 10.2 Å². The number of carbonyl (C=O) groups is 2. The number of benzene rings is 2. The molecule has 166 valence electrons. The first-order valence-corrected chi connectivity index (χ1v) is 10.9. The quantitative estimate of drug-likeness (QED) is 0.635. The largest absolute Gasteiger partial charge is 0.497 e. The van der Waals surface area contributed by atoms with E-state index in [1.54, 1.807) is 18.9 Å². The van der Waals surface area contributed by atoms with E-state index >= 15 is 0 Å². The van der Waals surface area contributed by atoms with Crippen LogP contribution in [0.15, 0.2) is 54.6 Å². The number of methoxy groups -OCH3 is 1. The normalized spacial score (nSPS) is 16.5. The molecule has 0 radical (unpaired) electrons. The number of nitrogens with one attached hydrogen (secondary N) is 1. The summed E-state index contributed by atoms with van der Waals surface area (Å²) in [7, 11) is 1.62. The van der Waals surface area contributed by atoms with Crippen LogP contribution in [0.4, 0.5) is 0 Å². The van der Waals surface area contributed by atoms with Crippen LogP contribution in [0.25, 0.3) is 0 Å². The molecule has 1 fully saturated rings. The minimum atomic E-state index is -0.577. The summed E-state index contributed by atoms with van der Waals surface area (Å²) in [6.45, 7) is 3.39. The number of carbonyl (C=O) groups excluding carboxylic acids is 2. The fourth-order valence-electron chi connectivity index (χ4n) is 3.72. The first-order valence-electron chi connectivity index (χ1n) is 10.9. The zero-order chi connectivity index (χ0) is 22.1. The highest BCUT2D eigenvalue weighted by molar-refractivity contribution is 5.87. The van der Waals surface area contributed by atoms with Gasteiger partial charge in [0.05, 0.1) is 13.2 Å². The van der Waals surface area contributed by atoms with Crippen LogP contribution in [0, 0.1) is 0 Å². The third-order valence-corrected chi connectivity index (χ3v) is 5.68. The number of nitrogens with zero attached hydrogens (tertiary/aromatic N) is 1. The smallest absolute Gasteiger partial charge is 0.242 e. The summed E-state index contributed by atoms with van der Waals surface area (Å²) in [5, 5.41) is 2.96. The minimum absolute atomic E-state index is 0.0422. The summed E-state index contributed by atoms with van der Waals surface area (Å²) in [6, 6.07) is 16.9. The Balaban J connectivity index is 1.66. The maximum atomic E-state index is 13.1. The van der Waals surface area contributed by atoms with Crippen molar-refractivity contribution in [2.75, 3.05) is 20.3 Å². The molecule has 0 spiro atoms. The highest BCUT2D eigenvalue weighted by Gasteiger charge is 2.27. The third-order valence-electron chi connectivity index (χ3n) is 5.68. The molecule has 1 heterocycles. The maximum absolute atomic E-state index is 13.1. The van der Waals surface area contributed by atoms with Gasteiger partial charge >= 0.3 is 0 Å². The zero-order valence-corrected chi connectivity index (χ0v) is 18.4. The van der Waals surface area contributed by atoms with Crippen molar-refractivity contribution >= 4 is 11.8 Å². The number of hydrogen-bond donors (Lipinski definition) is 1. The Labute approximate surface area is 184 Å². The summed E-state index contributed by atoms with van der Waals surface area (Å²) in [5.74, 6) is 0.560. The van der Waals surface area contributed by atoms with Gasteiger partial charge in [0.2, 0.25) is 11.8 Å². The van der Waals surface area contributed by atoms with Crippen LogP contribution < -0.4 is 10.1 Å². The first-order chi connectivity index (χ1) is 15.1. The van der Waals surface area contributed by atoms with Gasteiger partial charge in [-0.3, -0.25) is 9.59 Å². The predicted molar refractivity (Wildman–Crippen MR) is 120 cm³/mol. The number of amides is 2. The van der Waals surface area contributed by atoms with Crippen LogP contribution in [0.1, 0.15) is 37.3 Å². The van der Waals surface area contributed by atoms with Crippen LogP contribution in [-0.4, -0.2) is 49.1 Å². The molecular weight excluding hydrogens is 392 g/mol. The summed E-state index contributed by atoms with van der Waals surface area (Å²) in [4.78, 5) is 27.6. The molecule has 2 aromatic carbocycles. The predicted octanol–water partition coefficient (Wildman–Crippen LogP) is 3.34. The summed E-state index contributed by atoms with van der Waals surface area (Å²) >= 11 is 0. The first kappa shape index (κ1) is 22.8. The van der Waals surface area contributed by atoms with E-state index in [9.17, 15) is 9.59 Å². The summed E-state index contributed by atoms with van der Waals surface area (Å²) in [6.07, 6.45) is 3.05.